The van der Waals surface area contributed by atoms with Crippen molar-refractivity contribution in [2.75, 3.05) is 11.9 Å². The molecule has 0 unspecified atom stereocenters. The quantitative estimate of drug-likeness (QED) is 0.449. The highest BCUT2D eigenvalue weighted by Gasteiger charge is 2.40. The van der Waals surface area contributed by atoms with Crippen LogP contribution in [0, 0.1) is 0 Å². The Morgan fingerprint density at radius 2 is 1.69 bits per heavy atom. The highest BCUT2D eigenvalue weighted by Crippen LogP contribution is 2.34. The van der Waals surface area contributed by atoms with Crippen LogP contribution in [0.5, 0.6) is 0 Å². The molecule has 1 heterocycles. The number of hydrogen-bond acceptors (Lipinski definition) is 5. The van der Waals surface area contributed by atoms with Gasteiger partial charge in [-0.3, -0.25) is 19.3 Å². The molecule has 1 aliphatic carbocycles. The number of halogens is 4. The molecule has 0 atom stereocenters. The standard InChI is InChI=1S/C24H20ClF3N2O5/c25-18-9-7-14(24(26,27)28)11-19(18)29-20(31)12-35-23(34)13-6-8-16-17(10-13)22(33)30(21(16)32)15-4-2-1-3-5-15/h6-11,15H,1-5,12H2,(H,29,31). The van der Waals surface area contributed by atoms with Crippen LogP contribution < -0.4 is 5.32 Å². The molecule has 2 aliphatic rings. The lowest BCUT2D eigenvalue weighted by Crippen LogP contribution is -2.40. The summed E-state index contributed by atoms with van der Waals surface area (Å²) in [6.07, 6.45) is -0.220. The molecule has 1 aliphatic heterocycles. The van der Waals surface area contributed by atoms with Gasteiger partial charge in [-0.2, -0.15) is 13.2 Å². The molecule has 2 aromatic rings. The van der Waals surface area contributed by atoms with Gasteiger partial charge in [0, 0.05) is 6.04 Å². The van der Waals surface area contributed by atoms with Crippen molar-refractivity contribution in [2.24, 2.45) is 0 Å². The minimum atomic E-state index is -4.63. The van der Waals surface area contributed by atoms with Crippen LogP contribution >= 0.6 is 11.6 Å². The third-order valence-corrected chi connectivity index (χ3v) is 6.33. The van der Waals surface area contributed by atoms with E-state index in [0.717, 1.165) is 44.2 Å². The van der Waals surface area contributed by atoms with E-state index in [-0.39, 0.29) is 33.4 Å². The summed E-state index contributed by atoms with van der Waals surface area (Å²) in [5, 5.41) is 2.05. The second-order valence-electron chi connectivity index (χ2n) is 8.35. The van der Waals surface area contributed by atoms with E-state index in [4.69, 9.17) is 16.3 Å². The minimum Gasteiger partial charge on any atom is -0.452 e. The zero-order valence-electron chi connectivity index (χ0n) is 18.3. The summed E-state index contributed by atoms with van der Waals surface area (Å²) < 4.78 is 43.6. The first-order valence-corrected chi connectivity index (χ1v) is 11.3. The van der Waals surface area contributed by atoms with E-state index >= 15 is 0 Å². The zero-order valence-corrected chi connectivity index (χ0v) is 19.0. The molecule has 2 aromatic carbocycles. The Morgan fingerprint density at radius 1 is 1.00 bits per heavy atom. The Morgan fingerprint density at radius 3 is 2.37 bits per heavy atom. The molecule has 0 saturated heterocycles. The molecule has 11 heteroatoms. The monoisotopic (exact) mass is 508 g/mol. The number of benzene rings is 2. The molecule has 184 valence electrons. The first-order chi connectivity index (χ1) is 16.6. The maximum atomic E-state index is 12.9. The lowest BCUT2D eigenvalue weighted by Gasteiger charge is -2.29. The van der Waals surface area contributed by atoms with Crippen molar-refractivity contribution < 1.29 is 37.1 Å². The van der Waals surface area contributed by atoms with E-state index < -0.39 is 42.0 Å². The smallest absolute Gasteiger partial charge is 0.416 e. The zero-order chi connectivity index (χ0) is 25.3. The van der Waals surface area contributed by atoms with Crippen molar-refractivity contribution in [2.45, 2.75) is 44.3 Å². The molecule has 1 N–H and O–H groups in total. The second kappa shape index (κ2) is 9.69. The van der Waals surface area contributed by atoms with Crippen LogP contribution in [-0.4, -0.2) is 41.2 Å². The molecule has 0 radical (unpaired) electrons. The van der Waals surface area contributed by atoms with Gasteiger partial charge < -0.3 is 10.1 Å². The van der Waals surface area contributed by atoms with Gasteiger partial charge in [0.05, 0.1) is 33.0 Å². The van der Waals surface area contributed by atoms with Crippen LogP contribution in [0.2, 0.25) is 5.02 Å². The van der Waals surface area contributed by atoms with Crippen LogP contribution in [0.3, 0.4) is 0 Å². The number of anilines is 1. The number of fused-ring (bicyclic) bond motifs is 1. The van der Waals surface area contributed by atoms with Gasteiger partial charge in [0.2, 0.25) is 0 Å². The van der Waals surface area contributed by atoms with Gasteiger partial charge in [-0.1, -0.05) is 30.9 Å². The summed E-state index contributed by atoms with van der Waals surface area (Å²) in [5.41, 5.74) is -1.04. The molecular weight excluding hydrogens is 489 g/mol. The Balaban J connectivity index is 1.40. The van der Waals surface area contributed by atoms with Crippen LogP contribution in [0.15, 0.2) is 36.4 Å². The molecule has 0 bridgehead atoms. The second-order valence-corrected chi connectivity index (χ2v) is 8.76. The van der Waals surface area contributed by atoms with Crippen molar-refractivity contribution in [3.63, 3.8) is 0 Å². The van der Waals surface area contributed by atoms with E-state index in [1.54, 1.807) is 0 Å². The Hall–Kier alpha value is -3.40. The number of ether oxygens (including phenoxy) is 1. The average Bonchev–Trinajstić information content (AvgIpc) is 3.08. The number of imide groups is 1. The number of alkyl halides is 3. The molecule has 4 rings (SSSR count). The molecular formula is C24H20ClF3N2O5. The van der Waals surface area contributed by atoms with Crippen LogP contribution in [0.4, 0.5) is 18.9 Å². The van der Waals surface area contributed by atoms with Crippen molar-refractivity contribution in [1.29, 1.82) is 0 Å². The third kappa shape index (κ3) is 5.17. The van der Waals surface area contributed by atoms with Crippen molar-refractivity contribution in [3.05, 3.63) is 63.7 Å². The summed E-state index contributed by atoms with van der Waals surface area (Å²) >= 11 is 5.84. The molecule has 0 aromatic heterocycles. The summed E-state index contributed by atoms with van der Waals surface area (Å²) in [5.74, 6) is -2.71. The van der Waals surface area contributed by atoms with Crippen molar-refractivity contribution in [1.82, 2.24) is 4.90 Å². The van der Waals surface area contributed by atoms with Crippen LogP contribution in [0.25, 0.3) is 0 Å². The highest BCUT2D eigenvalue weighted by atomic mass is 35.5. The van der Waals surface area contributed by atoms with E-state index in [1.165, 1.54) is 23.1 Å². The number of carbonyl (C=O) groups excluding carboxylic acids is 4. The van der Waals surface area contributed by atoms with Gasteiger partial charge >= 0.3 is 12.1 Å². The lowest BCUT2D eigenvalue weighted by molar-refractivity contribution is -0.137. The first-order valence-electron chi connectivity index (χ1n) is 10.9. The number of rotatable bonds is 5. The van der Waals surface area contributed by atoms with Crippen molar-refractivity contribution in [3.8, 4) is 0 Å². The summed E-state index contributed by atoms with van der Waals surface area (Å²) in [4.78, 5) is 51.4. The third-order valence-electron chi connectivity index (χ3n) is 6.00. The molecule has 0 spiro atoms. The number of hydrogen-bond donors (Lipinski definition) is 1. The fourth-order valence-corrected chi connectivity index (χ4v) is 4.42. The fourth-order valence-electron chi connectivity index (χ4n) is 4.26. The summed E-state index contributed by atoms with van der Waals surface area (Å²) in [6, 6.07) is 6.21. The molecule has 3 amide bonds. The van der Waals surface area contributed by atoms with Crippen LogP contribution in [-0.2, 0) is 15.7 Å². The Kier molecular flexibility index (Phi) is 6.84. The van der Waals surface area contributed by atoms with E-state index in [2.05, 4.69) is 5.32 Å². The first kappa shape index (κ1) is 24.7. The van der Waals surface area contributed by atoms with E-state index in [9.17, 15) is 32.3 Å². The number of esters is 1. The normalized spacial score (nSPS) is 16.3. The topological polar surface area (TPSA) is 92.8 Å². The summed E-state index contributed by atoms with van der Waals surface area (Å²) in [7, 11) is 0. The summed E-state index contributed by atoms with van der Waals surface area (Å²) in [6.45, 7) is -0.802. The van der Waals surface area contributed by atoms with Crippen molar-refractivity contribution >= 4 is 41.0 Å². The Labute approximate surface area is 203 Å². The predicted molar refractivity (Wildman–Crippen MR) is 119 cm³/mol. The molecule has 35 heavy (non-hydrogen) atoms. The van der Waals surface area contributed by atoms with Gasteiger partial charge in [0.15, 0.2) is 6.61 Å². The van der Waals surface area contributed by atoms with Gasteiger partial charge in [0.25, 0.3) is 17.7 Å². The number of nitrogens with one attached hydrogen (secondary N) is 1. The Bertz CT molecular complexity index is 1210. The molecule has 1 fully saturated rings. The number of amides is 3. The average molecular weight is 509 g/mol. The van der Waals surface area contributed by atoms with Crippen LogP contribution in [0.1, 0.15) is 68.7 Å². The van der Waals surface area contributed by atoms with E-state index in [1.807, 2.05) is 0 Å². The fraction of sp³-hybridized carbons (Fsp3) is 0.333. The molecule has 7 nitrogen and oxygen atoms in total. The largest absolute Gasteiger partial charge is 0.452 e. The van der Waals surface area contributed by atoms with E-state index in [0.29, 0.717) is 6.07 Å². The van der Waals surface area contributed by atoms with Gasteiger partial charge in [0.1, 0.15) is 0 Å². The lowest BCUT2D eigenvalue weighted by atomic mass is 9.94. The predicted octanol–water partition coefficient (Wildman–Crippen LogP) is 5.08. The van der Waals surface area contributed by atoms with Gasteiger partial charge in [-0.05, 0) is 49.2 Å². The van der Waals surface area contributed by atoms with Gasteiger partial charge in [-0.15, -0.1) is 0 Å². The van der Waals surface area contributed by atoms with Gasteiger partial charge in [-0.25, -0.2) is 4.79 Å². The minimum absolute atomic E-state index is 0.0414. The SMILES string of the molecule is O=C(COC(=O)c1ccc2c(c1)C(=O)N(C1CCCCC1)C2=O)Nc1cc(C(F)(F)F)ccc1Cl. The highest BCUT2D eigenvalue weighted by molar-refractivity contribution is 6.33. The maximum Gasteiger partial charge on any atom is 0.416 e. The number of carbonyl (C=O) groups is 4. The molecule has 1 saturated carbocycles. The maximum absolute atomic E-state index is 12.9. The number of nitrogens with zero attached hydrogens (tertiary/aromatic N) is 1.